The van der Waals surface area contributed by atoms with Crippen LogP contribution in [-0.4, -0.2) is 60.1 Å². The van der Waals surface area contributed by atoms with Gasteiger partial charge < -0.3 is 19.3 Å². The van der Waals surface area contributed by atoms with E-state index in [9.17, 15) is 4.79 Å². The lowest BCUT2D eigenvalue weighted by Crippen LogP contribution is -2.49. The van der Waals surface area contributed by atoms with Gasteiger partial charge in [-0.25, -0.2) is 4.79 Å². The van der Waals surface area contributed by atoms with Crippen molar-refractivity contribution < 1.29 is 14.3 Å². The van der Waals surface area contributed by atoms with Crippen LogP contribution in [0.5, 0.6) is 5.88 Å². The fourth-order valence-electron chi connectivity index (χ4n) is 3.23. The summed E-state index contributed by atoms with van der Waals surface area (Å²) >= 11 is 0. The van der Waals surface area contributed by atoms with Crippen LogP contribution in [-0.2, 0) is 4.74 Å². The van der Waals surface area contributed by atoms with Crippen LogP contribution in [0.2, 0.25) is 0 Å². The van der Waals surface area contributed by atoms with Gasteiger partial charge in [0.05, 0.1) is 6.61 Å². The Morgan fingerprint density at radius 3 is 2.50 bits per heavy atom. The molecule has 2 fully saturated rings. The first-order valence-electron chi connectivity index (χ1n) is 8.93. The minimum Gasteiger partial charge on any atom is -0.473 e. The molecular weight excluding hydrogens is 308 g/mol. The van der Waals surface area contributed by atoms with E-state index >= 15 is 0 Å². The topological polar surface area (TPSA) is 67.8 Å². The first kappa shape index (κ1) is 16.8. The molecule has 2 heterocycles. The average molecular weight is 334 g/mol. The number of ether oxygens (including phenoxy) is 2. The number of rotatable bonds is 4. The standard InChI is InChI=1S/C17H26N4O3/c1-2-23-17(22)21-12-10-20(11-13-21)15-8-9-16(19-18-15)24-14-6-4-3-5-7-14/h8-9,14H,2-7,10-13H2,1H3. The highest BCUT2D eigenvalue weighted by atomic mass is 16.6. The van der Waals surface area contributed by atoms with Gasteiger partial charge in [-0.1, -0.05) is 6.42 Å². The maximum absolute atomic E-state index is 11.7. The third-order valence-corrected chi connectivity index (χ3v) is 4.60. The smallest absolute Gasteiger partial charge is 0.409 e. The SMILES string of the molecule is CCOC(=O)N1CCN(c2ccc(OC3CCCCC3)nn2)CC1. The molecule has 0 radical (unpaired) electrons. The van der Waals surface area contributed by atoms with Crippen molar-refractivity contribution in [2.45, 2.75) is 45.1 Å². The Morgan fingerprint density at radius 2 is 1.88 bits per heavy atom. The quantitative estimate of drug-likeness (QED) is 0.842. The van der Waals surface area contributed by atoms with Crippen molar-refractivity contribution in [3.63, 3.8) is 0 Å². The molecule has 1 saturated heterocycles. The Bertz CT molecular complexity index is 523. The number of anilines is 1. The van der Waals surface area contributed by atoms with Crippen LogP contribution in [0.1, 0.15) is 39.0 Å². The summed E-state index contributed by atoms with van der Waals surface area (Å²) in [5.74, 6) is 1.44. The Morgan fingerprint density at radius 1 is 1.12 bits per heavy atom. The Hall–Kier alpha value is -2.05. The minimum absolute atomic E-state index is 0.237. The second-order valence-electron chi connectivity index (χ2n) is 6.28. The van der Waals surface area contributed by atoms with Crippen LogP contribution in [0.4, 0.5) is 10.6 Å². The van der Waals surface area contributed by atoms with Crippen LogP contribution in [0, 0.1) is 0 Å². The van der Waals surface area contributed by atoms with E-state index < -0.39 is 0 Å². The zero-order chi connectivity index (χ0) is 16.8. The summed E-state index contributed by atoms with van der Waals surface area (Å²) in [5.41, 5.74) is 0. The zero-order valence-electron chi connectivity index (χ0n) is 14.3. The van der Waals surface area contributed by atoms with Gasteiger partial charge in [-0.15, -0.1) is 10.2 Å². The van der Waals surface area contributed by atoms with Crippen molar-refractivity contribution in [2.75, 3.05) is 37.7 Å². The Balaban J connectivity index is 1.50. The molecule has 1 aromatic rings. The summed E-state index contributed by atoms with van der Waals surface area (Å²) in [6, 6.07) is 3.85. The average Bonchev–Trinajstić information content (AvgIpc) is 2.64. The third-order valence-electron chi connectivity index (χ3n) is 4.60. The van der Waals surface area contributed by atoms with E-state index in [2.05, 4.69) is 15.1 Å². The van der Waals surface area contributed by atoms with E-state index in [0.29, 0.717) is 25.6 Å². The lowest BCUT2D eigenvalue weighted by Gasteiger charge is -2.34. The van der Waals surface area contributed by atoms with Gasteiger partial charge >= 0.3 is 6.09 Å². The zero-order valence-corrected chi connectivity index (χ0v) is 14.3. The number of hydrogen-bond donors (Lipinski definition) is 0. The van der Waals surface area contributed by atoms with Gasteiger partial charge in [0.2, 0.25) is 5.88 Å². The number of carbonyl (C=O) groups excluding carboxylic acids is 1. The second-order valence-corrected chi connectivity index (χ2v) is 6.28. The van der Waals surface area contributed by atoms with Gasteiger partial charge in [-0.2, -0.15) is 0 Å². The van der Waals surface area contributed by atoms with Crippen molar-refractivity contribution in [1.82, 2.24) is 15.1 Å². The summed E-state index contributed by atoms with van der Waals surface area (Å²) in [7, 11) is 0. The Kier molecular flexibility index (Phi) is 5.72. The molecule has 7 nitrogen and oxygen atoms in total. The fourth-order valence-corrected chi connectivity index (χ4v) is 3.23. The maximum atomic E-state index is 11.7. The van der Waals surface area contributed by atoms with Gasteiger partial charge in [0.25, 0.3) is 0 Å². The molecule has 0 spiro atoms. The summed E-state index contributed by atoms with van der Waals surface area (Å²) in [6.45, 7) is 4.97. The molecule has 0 unspecified atom stereocenters. The third kappa shape index (κ3) is 4.27. The number of hydrogen-bond acceptors (Lipinski definition) is 6. The van der Waals surface area contributed by atoms with E-state index in [1.165, 1.54) is 19.3 Å². The van der Waals surface area contributed by atoms with E-state index in [0.717, 1.165) is 31.7 Å². The summed E-state index contributed by atoms with van der Waals surface area (Å²) in [5, 5.41) is 8.50. The molecule has 1 aliphatic carbocycles. The lowest BCUT2D eigenvalue weighted by atomic mass is 9.98. The predicted octanol–water partition coefficient (Wildman–Crippen LogP) is 2.47. The number of aromatic nitrogens is 2. The fraction of sp³-hybridized carbons (Fsp3) is 0.706. The van der Waals surface area contributed by atoms with Crippen molar-refractivity contribution in [3.05, 3.63) is 12.1 Å². The largest absolute Gasteiger partial charge is 0.473 e. The molecule has 1 aromatic heterocycles. The molecule has 3 rings (SSSR count). The Labute approximate surface area is 142 Å². The van der Waals surface area contributed by atoms with Gasteiger partial charge in [0.15, 0.2) is 5.82 Å². The number of amides is 1. The van der Waals surface area contributed by atoms with Crippen LogP contribution in [0.15, 0.2) is 12.1 Å². The predicted molar refractivity (Wildman–Crippen MR) is 90.3 cm³/mol. The second kappa shape index (κ2) is 8.17. The summed E-state index contributed by atoms with van der Waals surface area (Å²) in [6.07, 6.45) is 6.05. The number of piperazine rings is 1. The normalized spacial score (nSPS) is 19.2. The highest BCUT2D eigenvalue weighted by Crippen LogP contribution is 2.23. The minimum atomic E-state index is -0.237. The van der Waals surface area contributed by atoms with Gasteiger partial charge in [0, 0.05) is 32.2 Å². The summed E-state index contributed by atoms with van der Waals surface area (Å²) < 4.78 is 10.9. The highest BCUT2D eigenvalue weighted by Gasteiger charge is 2.23. The van der Waals surface area contributed by atoms with Gasteiger partial charge in [-0.3, -0.25) is 0 Å². The van der Waals surface area contributed by atoms with Crippen molar-refractivity contribution >= 4 is 11.9 Å². The van der Waals surface area contributed by atoms with E-state index in [1.54, 1.807) is 4.90 Å². The molecule has 2 aliphatic rings. The molecule has 7 heteroatoms. The number of nitrogens with zero attached hydrogens (tertiary/aromatic N) is 4. The van der Waals surface area contributed by atoms with E-state index in [-0.39, 0.29) is 12.2 Å². The number of carbonyl (C=O) groups is 1. The van der Waals surface area contributed by atoms with Crippen molar-refractivity contribution in [1.29, 1.82) is 0 Å². The monoisotopic (exact) mass is 334 g/mol. The van der Waals surface area contributed by atoms with Crippen LogP contribution in [0.25, 0.3) is 0 Å². The molecule has 132 valence electrons. The molecule has 0 bridgehead atoms. The molecule has 1 amide bonds. The van der Waals surface area contributed by atoms with Crippen LogP contribution < -0.4 is 9.64 Å². The molecular formula is C17H26N4O3. The lowest BCUT2D eigenvalue weighted by molar-refractivity contribution is 0.105. The van der Waals surface area contributed by atoms with Crippen LogP contribution in [0.3, 0.4) is 0 Å². The van der Waals surface area contributed by atoms with E-state index in [1.807, 2.05) is 19.1 Å². The molecule has 1 saturated carbocycles. The molecule has 0 N–H and O–H groups in total. The molecule has 0 aromatic carbocycles. The van der Waals surface area contributed by atoms with Gasteiger partial charge in [0.1, 0.15) is 6.10 Å². The van der Waals surface area contributed by atoms with Crippen LogP contribution >= 0.6 is 0 Å². The highest BCUT2D eigenvalue weighted by molar-refractivity contribution is 5.68. The molecule has 1 aliphatic heterocycles. The first-order chi connectivity index (χ1) is 11.8. The first-order valence-corrected chi connectivity index (χ1v) is 8.93. The van der Waals surface area contributed by atoms with Crippen molar-refractivity contribution in [3.8, 4) is 5.88 Å². The summed E-state index contributed by atoms with van der Waals surface area (Å²) in [4.78, 5) is 15.6. The molecule has 24 heavy (non-hydrogen) atoms. The van der Waals surface area contributed by atoms with E-state index in [4.69, 9.17) is 9.47 Å². The molecule has 0 atom stereocenters. The van der Waals surface area contributed by atoms with Crippen molar-refractivity contribution in [2.24, 2.45) is 0 Å². The van der Waals surface area contributed by atoms with Gasteiger partial charge in [-0.05, 0) is 38.7 Å². The maximum Gasteiger partial charge on any atom is 0.409 e.